The van der Waals surface area contributed by atoms with Crippen LogP contribution in [0.1, 0.15) is 5.56 Å². The molecule has 0 spiro atoms. The number of halogens is 1. The topological polar surface area (TPSA) is 26.8 Å². The van der Waals surface area contributed by atoms with Crippen molar-refractivity contribution >= 4 is 17.3 Å². The Morgan fingerprint density at radius 3 is 2.32 bits per heavy atom. The molecule has 0 radical (unpaired) electrons. The van der Waals surface area contributed by atoms with Crippen LogP contribution in [0.5, 0.6) is 0 Å². The Kier molecular flexibility index (Phi) is 4.40. The first-order chi connectivity index (χ1) is 12.2. The molecule has 130 valence electrons. The van der Waals surface area contributed by atoms with Crippen LogP contribution in [-0.4, -0.2) is 50.1 Å². The molecule has 0 aliphatic carbocycles. The highest BCUT2D eigenvalue weighted by atomic mass is 19.1. The molecular formula is C20H22FN3O. The van der Waals surface area contributed by atoms with Gasteiger partial charge in [-0.15, -0.1) is 0 Å². The van der Waals surface area contributed by atoms with E-state index in [4.69, 9.17) is 0 Å². The summed E-state index contributed by atoms with van der Waals surface area (Å²) < 4.78 is 13.9. The number of piperazine rings is 1. The number of rotatable bonds is 3. The van der Waals surface area contributed by atoms with Crippen LogP contribution in [0.3, 0.4) is 0 Å². The third-order valence-corrected chi connectivity index (χ3v) is 5.11. The second-order valence-corrected chi connectivity index (χ2v) is 6.64. The van der Waals surface area contributed by atoms with E-state index in [1.807, 2.05) is 35.2 Å². The second-order valence-electron chi connectivity index (χ2n) is 6.64. The molecule has 0 saturated carbocycles. The fraction of sp³-hybridized carbons (Fsp3) is 0.350. The highest BCUT2D eigenvalue weighted by molar-refractivity contribution is 5.96. The highest BCUT2D eigenvalue weighted by Gasteiger charge is 2.27. The van der Waals surface area contributed by atoms with Gasteiger partial charge < -0.3 is 9.80 Å². The summed E-state index contributed by atoms with van der Waals surface area (Å²) in [4.78, 5) is 18.8. The molecular weight excluding hydrogens is 317 g/mol. The lowest BCUT2D eigenvalue weighted by Gasteiger charge is -2.36. The van der Waals surface area contributed by atoms with Gasteiger partial charge in [0.15, 0.2) is 0 Å². The first-order valence-corrected chi connectivity index (χ1v) is 8.82. The summed E-state index contributed by atoms with van der Waals surface area (Å²) >= 11 is 0. The minimum Gasteiger partial charge on any atom is -0.367 e. The zero-order valence-electron chi connectivity index (χ0n) is 14.2. The van der Waals surface area contributed by atoms with Crippen LogP contribution >= 0.6 is 0 Å². The Labute approximate surface area is 147 Å². The lowest BCUT2D eigenvalue weighted by molar-refractivity contribution is -0.119. The van der Waals surface area contributed by atoms with E-state index in [-0.39, 0.29) is 11.7 Å². The van der Waals surface area contributed by atoms with Crippen LogP contribution in [-0.2, 0) is 11.2 Å². The van der Waals surface area contributed by atoms with Crippen molar-refractivity contribution in [1.82, 2.24) is 4.90 Å². The third kappa shape index (κ3) is 3.24. The molecule has 4 nitrogen and oxygen atoms in total. The van der Waals surface area contributed by atoms with Gasteiger partial charge in [-0.2, -0.15) is 0 Å². The van der Waals surface area contributed by atoms with Gasteiger partial charge in [0.05, 0.1) is 12.2 Å². The second kappa shape index (κ2) is 6.84. The van der Waals surface area contributed by atoms with E-state index in [1.54, 1.807) is 6.07 Å². The van der Waals surface area contributed by atoms with Gasteiger partial charge in [-0.25, -0.2) is 4.39 Å². The highest BCUT2D eigenvalue weighted by Crippen LogP contribution is 2.27. The van der Waals surface area contributed by atoms with Crippen LogP contribution in [0.25, 0.3) is 0 Å². The van der Waals surface area contributed by atoms with Crippen molar-refractivity contribution in [2.75, 3.05) is 49.1 Å². The van der Waals surface area contributed by atoms with E-state index in [9.17, 15) is 9.18 Å². The van der Waals surface area contributed by atoms with Gasteiger partial charge in [-0.1, -0.05) is 30.3 Å². The van der Waals surface area contributed by atoms with E-state index in [0.717, 1.165) is 44.8 Å². The molecule has 1 fully saturated rings. The summed E-state index contributed by atoms with van der Waals surface area (Å²) in [6, 6.07) is 15.0. The smallest absolute Gasteiger partial charge is 0.241 e. The van der Waals surface area contributed by atoms with Gasteiger partial charge >= 0.3 is 0 Å². The normalized spacial score (nSPS) is 17.6. The molecule has 2 aliphatic heterocycles. The van der Waals surface area contributed by atoms with Crippen LogP contribution in [0, 0.1) is 5.82 Å². The third-order valence-electron chi connectivity index (χ3n) is 5.11. The summed E-state index contributed by atoms with van der Waals surface area (Å²) in [5.41, 5.74) is 2.96. The van der Waals surface area contributed by atoms with E-state index in [2.05, 4.69) is 15.9 Å². The molecule has 0 N–H and O–H groups in total. The summed E-state index contributed by atoms with van der Waals surface area (Å²) in [5.74, 6) is -0.0232. The molecule has 2 heterocycles. The summed E-state index contributed by atoms with van der Waals surface area (Å²) in [6.07, 6.45) is 0.934. The average Bonchev–Trinajstić information content (AvgIpc) is 3.07. The van der Waals surface area contributed by atoms with Crippen molar-refractivity contribution < 1.29 is 9.18 Å². The van der Waals surface area contributed by atoms with E-state index in [1.165, 1.54) is 11.6 Å². The van der Waals surface area contributed by atoms with E-state index in [0.29, 0.717) is 12.2 Å². The monoisotopic (exact) mass is 339 g/mol. The number of fused-ring (bicyclic) bond motifs is 1. The predicted molar refractivity (Wildman–Crippen MR) is 97.6 cm³/mol. The van der Waals surface area contributed by atoms with Gasteiger partial charge in [0.25, 0.3) is 0 Å². The molecule has 1 saturated heterocycles. The fourth-order valence-corrected chi connectivity index (χ4v) is 3.73. The first kappa shape index (κ1) is 16.1. The lowest BCUT2D eigenvalue weighted by atomic mass is 10.2. The van der Waals surface area contributed by atoms with Gasteiger partial charge in [-0.05, 0) is 30.2 Å². The largest absolute Gasteiger partial charge is 0.367 e. The SMILES string of the molecule is O=C(CN1CCN(c2ccccc2F)CC1)N1CCc2ccccc21. The number of anilines is 2. The predicted octanol–water partition coefficient (Wildman–Crippen LogP) is 2.54. The Morgan fingerprint density at radius 2 is 1.56 bits per heavy atom. The Bertz CT molecular complexity index is 771. The zero-order valence-corrected chi connectivity index (χ0v) is 14.2. The van der Waals surface area contributed by atoms with Crippen molar-refractivity contribution in [3.05, 3.63) is 59.9 Å². The molecule has 0 unspecified atom stereocenters. The Hall–Kier alpha value is -2.40. The molecule has 2 aromatic rings. The molecule has 1 amide bonds. The number of nitrogens with zero attached hydrogens (tertiary/aromatic N) is 3. The van der Waals surface area contributed by atoms with Gasteiger partial charge in [0, 0.05) is 38.4 Å². The van der Waals surface area contributed by atoms with Crippen LogP contribution in [0.2, 0.25) is 0 Å². The maximum atomic E-state index is 13.9. The number of hydrogen-bond donors (Lipinski definition) is 0. The summed E-state index contributed by atoms with van der Waals surface area (Å²) in [7, 11) is 0. The summed E-state index contributed by atoms with van der Waals surface area (Å²) in [5, 5.41) is 0. The van der Waals surface area contributed by atoms with E-state index < -0.39 is 0 Å². The fourth-order valence-electron chi connectivity index (χ4n) is 3.73. The Balaban J connectivity index is 1.35. The number of hydrogen-bond acceptors (Lipinski definition) is 3. The quantitative estimate of drug-likeness (QED) is 0.860. The van der Waals surface area contributed by atoms with Gasteiger partial charge in [0.2, 0.25) is 5.91 Å². The summed E-state index contributed by atoms with van der Waals surface area (Å²) in [6.45, 7) is 4.23. The molecule has 4 rings (SSSR count). The minimum absolute atomic E-state index is 0.157. The maximum absolute atomic E-state index is 13.9. The standard InChI is InChI=1S/C20H22FN3O/c21-17-6-2-4-8-19(17)23-13-11-22(12-14-23)15-20(25)24-10-9-16-5-1-3-7-18(16)24/h1-8H,9-15H2. The number of carbonyl (C=O) groups excluding carboxylic acids is 1. The molecule has 0 atom stereocenters. The molecule has 25 heavy (non-hydrogen) atoms. The van der Waals surface area contributed by atoms with Crippen molar-refractivity contribution in [1.29, 1.82) is 0 Å². The van der Waals surface area contributed by atoms with Crippen LogP contribution in [0.4, 0.5) is 15.8 Å². The average molecular weight is 339 g/mol. The van der Waals surface area contributed by atoms with Crippen molar-refractivity contribution in [3.8, 4) is 0 Å². The molecule has 2 aliphatic rings. The van der Waals surface area contributed by atoms with Crippen LogP contribution in [0.15, 0.2) is 48.5 Å². The zero-order chi connectivity index (χ0) is 17.2. The lowest BCUT2D eigenvalue weighted by Crippen LogP contribution is -2.50. The van der Waals surface area contributed by atoms with Crippen molar-refractivity contribution in [3.63, 3.8) is 0 Å². The van der Waals surface area contributed by atoms with Crippen molar-refractivity contribution in [2.24, 2.45) is 0 Å². The number of carbonyl (C=O) groups is 1. The van der Waals surface area contributed by atoms with Crippen LogP contribution < -0.4 is 9.80 Å². The van der Waals surface area contributed by atoms with E-state index >= 15 is 0 Å². The minimum atomic E-state index is -0.180. The molecule has 2 aromatic carbocycles. The van der Waals surface area contributed by atoms with Crippen molar-refractivity contribution in [2.45, 2.75) is 6.42 Å². The number of benzene rings is 2. The van der Waals surface area contributed by atoms with Gasteiger partial charge in [-0.3, -0.25) is 9.69 Å². The molecule has 0 bridgehead atoms. The molecule has 0 aromatic heterocycles. The Morgan fingerprint density at radius 1 is 0.880 bits per heavy atom. The molecule has 5 heteroatoms. The number of para-hydroxylation sites is 2. The van der Waals surface area contributed by atoms with Gasteiger partial charge in [0.1, 0.15) is 5.82 Å². The maximum Gasteiger partial charge on any atom is 0.241 e. The first-order valence-electron chi connectivity index (χ1n) is 8.82. The number of amides is 1.